The number of amides is 2. The van der Waals surface area contributed by atoms with Gasteiger partial charge in [-0.25, -0.2) is 0 Å². The molecule has 2 N–H and O–H groups in total. The van der Waals surface area contributed by atoms with Gasteiger partial charge in [0.05, 0.1) is 22.3 Å². The Labute approximate surface area is 160 Å². The summed E-state index contributed by atoms with van der Waals surface area (Å²) in [7, 11) is 0. The SMILES string of the molecule is N#Cc1cccc(NC(=O)c2cc(C(=O)Nc3ccccc3Cl)ccn2)c1. The number of rotatable bonds is 4. The monoisotopic (exact) mass is 376 g/mol. The Morgan fingerprint density at radius 2 is 1.78 bits per heavy atom. The zero-order valence-electron chi connectivity index (χ0n) is 13.9. The maximum atomic E-state index is 12.4. The molecule has 132 valence electrons. The number of halogens is 1. The molecule has 0 saturated heterocycles. The van der Waals surface area contributed by atoms with E-state index in [1.165, 1.54) is 18.3 Å². The zero-order valence-corrected chi connectivity index (χ0v) is 14.7. The van der Waals surface area contributed by atoms with Crippen LogP contribution in [0.5, 0.6) is 0 Å². The van der Waals surface area contributed by atoms with Crippen LogP contribution >= 0.6 is 11.6 Å². The summed E-state index contributed by atoms with van der Waals surface area (Å²) >= 11 is 6.04. The molecule has 1 heterocycles. The first-order valence-corrected chi connectivity index (χ1v) is 8.28. The van der Waals surface area contributed by atoms with E-state index in [0.717, 1.165) is 0 Å². The standard InChI is InChI=1S/C20H13ClN4O2/c21-16-6-1-2-7-17(16)25-19(26)14-8-9-23-18(11-14)20(27)24-15-5-3-4-13(10-15)12-22/h1-11H,(H,24,27)(H,25,26). The van der Waals surface area contributed by atoms with Crippen LogP contribution < -0.4 is 10.6 Å². The molecule has 0 aliphatic heterocycles. The first kappa shape index (κ1) is 18.1. The second kappa shape index (κ2) is 8.13. The predicted molar refractivity (Wildman–Crippen MR) is 103 cm³/mol. The average molecular weight is 377 g/mol. The average Bonchev–Trinajstić information content (AvgIpc) is 2.70. The molecule has 0 bridgehead atoms. The third-order valence-corrected chi connectivity index (χ3v) is 3.96. The maximum Gasteiger partial charge on any atom is 0.274 e. The molecule has 2 aromatic carbocycles. The van der Waals surface area contributed by atoms with Crippen molar-refractivity contribution in [2.75, 3.05) is 10.6 Å². The number of pyridine rings is 1. The first-order valence-electron chi connectivity index (χ1n) is 7.90. The molecule has 0 saturated carbocycles. The highest BCUT2D eigenvalue weighted by molar-refractivity contribution is 6.33. The Kier molecular flexibility index (Phi) is 5.45. The van der Waals surface area contributed by atoms with Gasteiger partial charge in [0.25, 0.3) is 11.8 Å². The van der Waals surface area contributed by atoms with Crippen LogP contribution in [0.4, 0.5) is 11.4 Å². The maximum absolute atomic E-state index is 12.4. The lowest BCUT2D eigenvalue weighted by Crippen LogP contribution is -2.17. The minimum absolute atomic E-state index is 0.0733. The fourth-order valence-electron chi connectivity index (χ4n) is 2.31. The van der Waals surface area contributed by atoms with E-state index in [9.17, 15) is 9.59 Å². The molecule has 3 aromatic rings. The number of benzene rings is 2. The quantitative estimate of drug-likeness (QED) is 0.716. The van der Waals surface area contributed by atoms with Crippen LogP contribution in [0.25, 0.3) is 0 Å². The van der Waals surface area contributed by atoms with Gasteiger partial charge in [-0.1, -0.05) is 29.8 Å². The molecular weight excluding hydrogens is 364 g/mol. The molecule has 0 unspecified atom stereocenters. The molecule has 0 radical (unpaired) electrons. The zero-order chi connectivity index (χ0) is 19.2. The normalized spacial score (nSPS) is 9.93. The van der Waals surface area contributed by atoms with Gasteiger partial charge in [-0.05, 0) is 42.5 Å². The van der Waals surface area contributed by atoms with Crippen LogP contribution in [0.15, 0.2) is 66.9 Å². The van der Waals surface area contributed by atoms with Crippen molar-refractivity contribution in [2.45, 2.75) is 0 Å². The number of nitrogens with one attached hydrogen (secondary N) is 2. The third-order valence-electron chi connectivity index (χ3n) is 3.63. The minimum Gasteiger partial charge on any atom is -0.321 e. The Morgan fingerprint density at radius 1 is 0.963 bits per heavy atom. The number of para-hydroxylation sites is 1. The molecule has 27 heavy (non-hydrogen) atoms. The van der Waals surface area contributed by atoms with Crippen molar-refractivity contribution in [3.8, 4) is 6.07 Å². The van der Waals surface area contributed by atoms with Crippen molar-refractivity contribution in [3.05, 3.63) is 88.7 Å². The van der Waals surface area contributed by atoms with Gasteiger partial charge in [0, 0.05) is 17.4 Å². The molecule has 0 aliphatic rings. The molecular formula is C20H13ClN4O2. The number of carbonyl (C=O) groups is 2. The van der Waals surface area contributed by atoms with Crippen molar-refractivity contribution in [1.29, 1.82) is 5.26 Å². The number of nitriles is 1. The van der Waals surface area contributed by atoms with E-state index >= 15 is 0 Å². The van der Waals surface area contributed by atoms with E-state index in [1.54, 1.807) is 48.5 Å². The summed E-state index contributed by atoms with van der Waals surface area (Å²) in [5, 5.41) is 14.7. The smallest absolute Gasteiger partial charge is 0.274 e. The Balaban J connectivity index is 1.76. The molecule has 0 spiro atoms. The van der Waals surface area contributed by atoms with Gasteiger partial charge >= 0.3 is 0 Å². The Bertz CT molecular complexity index is 1060. The van der Waals surface area contributed by atoms with Crippen molar-refractivity contribution in [1.82, 2.24) is 4.98 Å². The van der Waals surface area contributed by atoms with Gasteiger partial charge in [-0.3, -0.25) is 14.6 Å². The van der Waals surface area contributed by atoms with Crippen molar-refractivity contribution >= 4 is 34.8 Å². The van der Waals surface area contributed by atoms with Crippen molar-refractivity contribution in [3.63, 3.8) is 0 Å². The molecule has 3 rings (SSSR count). The number of hydrogen-bond donors (Lipinski definition) is 2. The summed E-state index contributed by atoms with van der Waals surface area (Å²) in [6.07, 6.45) is 1.38. The molecule has 2 amide bonds. The lowest BCUT2D eigenvalue weighted by molar-refractivity contribution is 0.102. The number of aromatic nitrogens is 1. The van der Waals surface area contributed by atoms with E-state index in [0.29, 0.717) is 22.0 Å². The Hall–Kier alpha value is -3.69. The van der Waals surface area contributed by atoms with Crippen molar-refractivity contribution in [2.24, 2.45) is 0 Å². The summed E-state index contributed by atoms with van der Waals surface area (Å²) < 4.78 is 0. The van der Waals surface area contributed by atoms with Crippen LogP contribution in [-0.2, 0) is 0 Å². The van der Waals surface area contributed by atoms with Crippen LogP contribution in [0.2, 0.25) is 5.02 Å². The number of carbonyl (C=O) groups excluding carboxylic acids is 2. The summed E-state index contributed by atoms with van der Waals surface area (Å²) in [5.74, 6) is -0.900. The molecule has 1 aromatic heterocycles. The molecule has 0 fully saturated rings. The number of anilines is 2. The lowest BCUT2D eigenvalue weighted by Gasteiger charge is -2.08. The van der Waals surface area contributed by atoms with Gasteiger partial charge in [0.15, 0.2) is 0 Å². The number of nitrogens with zero attached hydrogens (tertiary/aromatic N) is 2. The highest BCUT2D eigenvalue weighted by Crippen LogP contribution is 2.21. The van der Waals surface area contributed by atoms with Gasteiger partial charge in [0.2, 0.25) is 0 Å². The molecule has 7 heteroatoms. The van der Waals surface area contributed by atoms with Gasteiger partial charge in [-0.2, -0.15) is 5.26 Å². The van der Waals surface area contributed by atoms with E-state index in [2.05, 4.69) is 15.6 Å². The van der Waals surface area contributed by atoms with Crippen molar-refractivity contribution < 1.29 is 9.59 Å². The van der Waals surface area contributed by atoms with Crippen LogP contribution in [0, 0.1) is 11.3 Å². The highest BCUT2D eigenvalue weighted by atomic mass is 35.5. The summed E-state index contributed by atoms with van der Waals surface area (Å²) in [6, 6.07) is 18.2. The van der Waals surface area contributed by atoms with E-state index in [-0.39, 0.29) is 11.3 Å². The van der Waals surface area contributed by atoms with Gasteiger partial charge in [0.1, 0.15) is 5.69 Å². The van der Waals surface area contributed by atoms with E-state index < -0.39 is 11.8 Å². The highest BCUT2D eigenvalue weighted by Gasteiger charge is 2.13. The van der Waals surface area contributed by atoms with Crippen LogP contribution in [-0.4, -0.2) is 16.8 Å². The number of hydrogen-bond acceptors (Lipinski definition) is 4. The van der Waals surface area contributed by atoms with Crippen LogP contribution in [0.1, 0.15) is 26.4 Å². The molecule has 0 atom stereocenters. The summed E-state index contributed by atoms with van der Waals surface area (Å²) in [5.41, 5.74) is 1.70. The third kappa shape index (κ3) is 4.48. The topological polar surface area (TPSA) is 94.9 Å². The van der Waals surface area contributed by atoms with E-state index in [4.69, 9.17) is 16.9 Å². The summed E-state index contributed by atoms with van der Waals surface area (Å²) in [6.45, 7) is 0. The largest absolute Gasteiger partial charge is 0.321 e. The first-order chi connectivity index (χ1) is 13.1. The van der Waals surface area contributed by atoms with Gasteiger partial charge < -0.3 is 10.6 Å². The second-order valence-corrected chi connectivity index (χ2v) is 5.92. The molecule has 0 aliphatic carbocycles. The lowest BCUT2D eigenvalue weighted by atomic mass is 10.2. The Morgan fingerprint density at radius 3 is 2.56 bits per heavy atom. The van der Waals surface area contributed by atoms with E-state index in [1.807, 2.05) is 6.07 Å². The fraction of sp³-hybridized carbons (Fsp3) is 0. The van der Waals surface area contributed by atoms with Crippen LogP contribution in [0.3, 0.4) is 0 Å². The predicted octanol–water partition coefficient (Wildman–Crippen LogP) is 4.11. The fourth-order valence-corrected chi connectivity index (χ4v) is 2.50. The second-order valence-electron chi connectivity index (χ2n) is 5.51. The van der Waals surface area contributed by atoms with Gasteiger partial charge in [-0.15, -0.1) is 0 Å². The molecule has 6 nitrogen and oxygen atoms in total. The minimum atomic E-state index is -0.488. The summed E-state index contributed by atoms with van der Waals surface area (Å²) in [4.78, 5) is 28.8.